The third kappa shape index (κ3) is 7.00. The Morgan fingerprint density at radius 1 is 1.36 bits per heavy atom. The summed E-state index contributed by atoms with van der Waals surface area (Å²) in [7, 11) is 0. The minimum Gasteiger partial charge on any atom is -0.481 e. The van der Waals surface area contributed by atoms with Crippen LogP contribution in [0.25, 0.3) is 0 Å². The fraction of sp³-hybridized carbons (Fsp3) is 0.450. The first kappa shape index (κ1) is 19.7. The molecule has 0 saturated carbocycles. The first-order valence-corrected chi connectivity index (χ1v) is 9.12. The van der Waals surface area contributed by atoms with Gasteiger partial charge in [-0.2, -0.15) is 0 Å². The number of rotatable bonds is 9. The second kappa shape index (κ2) is 10.4. The lowest BCUT2D eigenvalue weighted by Crippen LogP contribution is -2.28. The Morgan fingerprint density at radius 2 is 2.16 bits per heavy atom. The van der Waals surface area contributed by atoms with E-state index in [4.69, 9.17) is 16.7 Å². The van der Waals surface area contributed by atoms with E-state index in [-0.39, 0.29) is 12.2 Å². The Bertz CT molecular complexity index is 630. The van der Waals surface area contributed by atoms with E-state index >= 15 is 0 Å². The van der Waals surface area contributed by atoms with E-state index in [1.54, 1.807) is 12.1 Å². The molecule has 0 amide bonds. The molecule has 1 aliphatic carbocycles. The fourth-order valence-electron chi connectivity index (χ4n) is 3.06. The van der Waals surface area contributed by atoms with E-state index < -0.39 is 5.97 Å². The van der Waals surface area contributed by atoms with Crippen molar-refractivity contribution in [3.8, 4) is 0 Å². The molecule has 0 aromatic heterocycles. The molecule has 0 heterocycles. The highest BCUT2D eigenvalue weighted by Crippen LogP contribution is 2.26. The van der Waals surface area contributed by atoms with Gasteiger partial charge in [0.2, 0.25) is 0 Å². The molecule has 0 saturated heterocycles. The van der Waals surface area contributed by atoms with Crippen molar-refractivity contribution in [2.75, 3.05) is 6.54 Å². The topological polar surface area (TPSA) is 49.3 Å². The summed E-state index contributed by atoms with van der Waals surface area (Å²) in [6.45, 7) is 1.30. The normalized spacial score (nSPS) is 20.2. The second-order valence-electron chi connectivity index (χ2n) is 6.45. The molecule has 5 heteroatoms. The predicted molar refractivity (Wildman–Crippen MR) is 99.1 cm³/mol. The van der Waals surface area contributed by atoms with Gasteiger partial charge in [0.1, 0.15) is 5.82 Å². The van der Waals surface area contributed by atoms with Crippen molar-refractivity contribution in [2.24, 2.45) is 11.8 Å². The number of aliphatic carboxylic acids is 1. The van der Waals surface area contributed by atoms with Gasteiger partial charge in [-0.25, -0.2) is 4.39 Å². The van der Waals surface area contributed by atoms with Gasteiger partial charge >= 0.3 is 5.97 Å². The summed E-state index contributed by atoms with van der Waals surface area (Å²) >= 11 is 5.77. The third-order valence-electron chi connectivity index (χ3n) is 4.50. The standard InChI is InChI=1S/C20H25ClFNO2/c21-18-11-10-17(19(22)12-18)14-23-13-16-8-5-4-7-15(16)6-2-1-3-9-20(24)25/h2,4-6,10-12,15-16,23H,1,3,7-9,13-14H2,(H,24,25)/b6-2-/t15-,16+/m0/s1. The summed E-state index contributed by atoms with van der Waals surface area (Å²) in [5, 5.41) is 12.4. The monoisotopic (exact) mass is 365 g/mol. The lowest BCUT2D eigenvalue weighted by Gasteiger charge is -2.26. The number of allylic oxidation sites excluding steroid dienone is 4. The van der Waals surface area contributed by atoms with E-state index in [1.807, 2.05) is 0 Å². The maximum atomic E-state index is 13.8. The molecule has 1 aromatic rings. The molecule has 1 aliphatic rings. The van der Waals surface area contributed by atoms with E-state index in [2.05, 4.69) is 29.6 Å². The molecule has 25 heavy (non-hydrogen) atoms. The lowest BCUT2D eigenvalue weighted by atomic mass is 9.82. The maximum absolute atomic E-state index is 13.8. The van der Waals surface area contributed by atoms with Gasteiger partial charge in [-0.3, -0.25) is 4.79 Å². The largest absolute Gasteiger partial charge is 0.481 e. The summed E-state index contributed by atoms with van der Waals surface area (Å²) in [5.74, 6) is -0.114. The number of halogens is 2. The summed E-state index contributed by atoms with van der Waals surface area (Å²) < 4.78 is 13.8. The molecule has 0 aliphatic heterocycles. The molecule has 2 atom stereocenters. The molecule has 0 spiro atoms. The molecular weight excluding hydrogens is 341 g/mol. The van der Waals surface area contributed by atoms with Gasteiger partial charge in [-0.05, 0) is 56.2 Å². The highest BCUT2D eigenvalue weighted by atomic mass is 35.5. The molecule has 2 rings (SSSR count). The quantitative estimate of drug-likeness (QED) is 0.480. The van der Waals surface area contributed by atoms with Crippen molar-refractivity contribution >= 4 is 17.6 Å². The molecule has 2 N–H and O–H groups in total. The van der Waals surface area contributed by atoms with Crippen molar-refractivity contribution in [2.45, 2.75) is 38.6 Å². The number of carboxylic acid groups (broad SMARTS) is 1. The van der Waals surface area contributed by atoms with Crippen molar-refractivity contribution in [1.82, 2.24) is 5.32 Å². The highest BCUT2D eigenvalue weighted by Gasteiger charge is 2.19. The van der Waals surface area contributed by atoms with Crippen LogP contribution in [0.1, 0.15) is 37.7 Å². The van der Waals surface area contributed by atoms with Gasteiger partial charge in [0.25, 0.3) is 0 Å². The number of hydrogen-bond acceptors (Lipinski definition) is 2. The van der Waals surface area contributed by atoms with Crippen LogP contribution in [-0.4, -0.2) is 17.6 Å². The van der Waals surface area contributed by atoms with Crippen LogP contribution in [0, 0.1) is 17.7 Å². The summed E-state index contributed by atoms with van der Waals surface area (Å²) in [6.07, 6.45) is 12.4. The molecule has 0 bridgehead atoms. The third-order valence-corrected chi connectivity index (χ3v) is 4.74. The Kier molecular flexibility index (Phi) is 8.16. The molecule has 3 nitrogen and oxygen atoms in total. The van der Waals surface area contributed by atoms with Gasteiger partial charge in [-0.15, -0.1) is 0 Å². The van der Waals surface area contributed by atoms with Crippen LogP contribution in [0.3, 0.4) is 0 Å². The van der Waals surface area contributed by atoms with Crippen LogP contribution in [0.5, 0.6) is 0 Å². The van der Waals surface area contributed by atoms with Gasteiger partial charge in [0, 0.05) is 23.6 Å². The number of nitrogens with one attached hydrogen (secondary N) is 1. The number of unbranched alkanes of at least 4 members (excludes halogenated alkanes) is 1. The average Bonchev–Trinajstić information content (AvgIpc) is 2.57. The van der Waals surface area contributed by atoms with E-state index in [0.717, 1.165) is 25.8 Å². The van der Waals surface area contributed by atoms with Gasteiger partial charge in [-0.1, -0.05) is 42.0 Å². The zero-order valence-corrected chi connectivity index (χ0v) is 15.0. The van der Waals surface area contributed by atoms with Crippen LogP contribution in [-0.2, 0) is 11.3 Å². The first-order chi connectivity index (χ1) is 12.1. The molecule has 136 valence electrons. The zero-order chi connectivity index (χ0) is 18.1. The van der Waals surface area contributed by atoms with Crippen LogP contribution in [0.15, 0.2) is 42.5 Å². The van der Waals surface area contributed by atoms with Crippen molar-refractivity contribution < 1.29 is 14.3 Å². The van der Waals surface area contributed by atoms with Crippen molar-refractivity contribution in [3.05, 3.63) is 58.9 Å². The van der Waals surface area contributed by atoms with Crippen LogP contribution in [0.4, 0.5) is 4.39 Å². The number of carboxylic acids is 1. The van der Waals surface area contributed by atoms with Crippen molar-refractivity contribution in [1.29, 1.82) is 0 Å². The smallest absolute Gasteiger partial charge is 0.303 e. The highest BCUT2D eigenvalue weighted by molar-refractivity contribution is 6.30. The van der Waals surface area contributed by atoms with E-state index in [0.29, 0.717) is 35.4 Å². The van der Waals surface area contributed by atoms with Gasteiger partial charge in [0.05, 0.1) is 0 Å². The van der Waals surface area contributed by atoms with Gasteiger partial charge < -0.3 is 10.4 Å². The Balaban J connectivity index is 1.79. The Morgan fingerprint density at radius 3 is 2.92 bits per heavy atom. The van der Waals surface area contributed by atoms with Crippen molar-refractivity contribution in [3.63, 3.8) is 0 Å². The van der Waals surface area contributed by atoms with Crippen LogP contribution in [0.2, 0.25) is 5.02 Å². The Hall–Kier alpha value is -1.65. The Labute approximate surface area is 153 Å². The number of carbonyl (C=O) groups is 1. The predicted octanol–water partition coefficient (Wildman–Crippen LogP) is 4.96. The minimum absolute atomic E-state index is 0.215. The first-order valence-electron chi connectivity index (χ1n) is 8.74. The molecule has 0 unspecified atom stereocenters. The van der Waals surface area contributed by atoms with Crippen LogP contribution >= 0.6 is 11.6 Å². The summed E-state index contributed by atoms with van der Waals surface area (Å²) in [6, 6.07) is 4.75. The second-order valence-corrected chi connectivity index (χ2v) is 6.88. The molecule has 0 fully saturated rings. The lowest BCUT2D eigenvalue weighted by molar-refractivity contribution is -0.137. The SMILES string of the molecule is O=C(O)CCC/C=C\[C@H]1CC=CC[C@@H]1CNCc1ccc(Cl)cc1F. The summed E-state index contributed by atoms with van der Waals surface area (Å²) in [5.41, 5.74) is 0.622. The minimum atomic E-state index is -0.745. The average molecular weight is 366 g/mol. The molecule has 1 aromatic carbocycles. The molecule has 0 radical (unpaired) electrons. The fourth-order valence-corrected chi connectivity index (χ4v) is 3.22. The number of hydrogen-bond donors (Lipinski definition) is 2. The number of benzene rings is 1. The van der Waals surface area contributed by atoms with Gasteiger partial charge in [0.15, 0.2) is 0 Å². The van der Waals surface area contributed by atoms with E-state index in [1.165, 1.54) is 6.07 Å². The van der Waals surface area contributed by atoms with E-state index in [9.17, 15) is 9.18 Å². The summed E-state index contributed by atoms with van der Waals surface area (Å²) in [4.78, 5) is 10.5. The zero-order valence-electron chi connectivity index (χ0n) is 14.3. The molecular formula is C20H25ClFNO2. The van der Waals surface area contributed by atoms with Crippen LogP contribution < -0.4 is 5.32 Å². The maximum Gasteiger partial charge on any atom is 0.303 e.